The van der Waals surface area contributed by atoms with Gasteiger partial charge >= 0.3 is 7.12 Å². The van der Waals surface area contributed by atoms with Gasteiger partial charge in [-0.25, -0.2) is 15.0 Å². The fourth-order valence-corrected chi connectivity index (χ4v) is 7.21. The van der Waals surface area contributed by atoms with Crippen molar-refractivity contribution in [3.8, 4) is 11.3 Å². The molecule has 8 nitrogen and oxygen atoms in total. The molecule has 12 heteroatoms. The van der Waals surface area contributed by atoms with Crippen molar-refractivity contribution < 1.29 is 18.9 Å². The third-order valence-electron chi connectivity index (χ3n) is 9.41. The Labute approximate surface area is 333 Å². The van der Waals surface area contributed by atoms with Crippen LogP contribution in [0.4, 0.5) is 0 Å². The maximum absolute atomic E-state index is 8.63. The van der Waals surface area contributed by atoms with E-state index in [1.807, 2.05) is 60.7 Å². The first-order valence-corrected chi connectivity index (χ1v) is 18.5. The molecule has 270 valence electrons. The lowest BCUT2D eigenvalue weighted by molar-refractivity contribution is 0.426. The Hall–Kier alpha value is -6.07. The SMILES string of the molecule is Clc1ccc(-c2cnc3c(n2)oc2c4ccccc4c4ccccc4c32)cc1.Clc1cnc2c(n1)oc1ccc3ccccc3c12.OB(O)c1ccc(Cl)cc1. The van der Waals surface area contributed by atoms with Gasteiger partial charge in [-0.3, -0.25) is 0 Å². The largest absolute Gasteiger partial charge is 0.488 e. The predicted molar refractivity (Wildman–Crippen MR) is 228 cm³/mol. The summed E-state index contributed by atoms with van der Waals surface area (Å²) < 4.78 is 11.9. The van der Waals surface area contributed by atoms with Crippen LogP contribution in [0.25, 0.3) is 88.0 Å². The van der Waals surface area contributed by atoms with Crippen molar-refractivity contribution in [1.82, 2.24) is 19.9 Å². The third-order valence-corrected chi connectivity index (χ3v) is 10.1. The predicted octanol–water partition coefficient (Wildman–Crippen LogP) is 11.2. The molecule has 0 aliphatic carbocycles. The highest BCUT2D eigenvalue weighted by Crippen LogP contribution is 2.40. The molecule has 56 heavy (non-hydrogen) atoms. The van der Waals surface area contributed by atoms with Gasteiger partial charge in [0.05, 0.1) is 28.9 Å². The van der Waals surface area contributed by atoms with Gasteiger partial charge in [-0.05, 0) is 62.7 Å². The van der Waals surface area contributed by atoms with E-state index in [1.165, 1.54) is 10.8 Å². The lowest BCUT2D eigenvalue weighted by Gasteiger charge is -2.05. The normalized spacial score (nSPS) is 11.3. The molecule has 2 N–H and O–H groups in total. The molecule has 11 aromatic rings. The minimum absolute atomic E-state index is 0.339. The highest BCUT2D eigenvalue weighted by Gasteiger charge is 2.18. The van der Waals surface area contributed by atoms with Crippen molar-refractivity contribution in [3.63, 3.8) is 0 Å². The van der Waals surface area contributed by atoms with Gasteiger partial charge in [-0.2, -0.15) is 4.98 Å². The summed E-state index contributed by atoms with van der Waals surface area (Å²) in [6.45, 7) is 0. The zero-order valence-corrected chi connectivity index (χ0v) is 31.3. The summed E-state index contributed by atoms with van der Waals surface area (Å²) in [4.78, 5) is 18.0. The van der Waals surface area contributed by atoms with E-state index in [0.717, 1.165) is 65.8 Å². The molecular weight excluding hydrogens is 766 g/mol. The summed E-state index contributed by atoms with van der Waals surface area (Å²) in [5, 5.41) is 27.7. The second-order valence-electron chi connectivity index (χ2n) is 12.8. The first kappa shape index (κ1) is 35.6. The zero-order valence-electron chi connectivity index (χ0n) is 29.1. The Morgan fingerprint density at radius 1 is 0.500 bits per heavy atom. The lowest BCUT2D eigenvalue weighted by Crippen LogP contribution is -2.29. The second-order valence-corrected chi connectivity index (χ2v) is 14.1. The number of halogens is 3. The van der Waals surface area contributed by atoms with Gasteiger partial charge in [-0.1, -0.05) is 138 Å². The van der Waals surface area contributed by atoms with E-state index >= 15 is 0 Å². The quantitative estimate of drug-likeness (QED) is 0.131. The molecule has 0 aliphatic heterocycles. The Morgan fingerprint density at radius 2 is 1.07 bits per heavy atom. The molecular formula is C44H26BCl3N4O4. The number of nitrogens with zero attached hydrogens (tertiary/aromatic N) is 4. The van der Waals surface area contributed by atoms with Crippen molar-refractivity contribution in [2.45, 2.75) is 0 Å². The molecule has 0 aliphatic rings. The third kappa shape index (κ3) is 6.66. The fourth-order valence-electron chi connectivity index (χ4n) is 6.84. The first-order chi connectivity index (χ1) is 27.3. The molecule has 4 aromatic heterocycles. The van der Waals surface area contributed by atoms with E-state index in [2.05, 4.69) is 58.5 Å². The van der Waals surface area contributed by atoms with Crippen molar-refractivity contribution in [2.75, 3.05) is 0 Å². The Morgan fingerprint density at radius 3 is 1.79 bits per heavy atom. The van der Waals surface area contributed by atoms with E-state index < -0.39 is 7.12 Å². The van der Waals surface area contributed by atoms with E-state index in [0.29, 0.717) is 32.1 Å². The lowest BCUT2D eigenvalue weighted by atomic mass is 9.81. The second kappa shape index (κ2) is 14.9. The molecule has 11 rings (SSSR count). The summed E-state index contributed by atoms with van der Waals surface area (Å²) in [6, 6.07) is 42.7. The molecule has 0 unspecified atom stereocenters. The fraction of sp³-hybridized carbons (Fsp3) is 0. The van der Waals surface area contributed by atoms with Crippen LogP contribution in [-0.2, 0) is 0 Å². The van der Waals surface area contributed by atoms with Crippen LogP contribution in [0.2, 0.25) is 15.2 Å². The molecule has 0 saturated carbocycles. The molecule has 0 spiro atoms. The van der Waals surface area contributed by atoms with Crippen molar-refractivity contribution >= 4 is 124 Å². The van der Waals surface area contributed by atoms with Crippen LogP contribution in [-0.4, -0.2) is 37.1 Å². The van der Waals surface area contributed by atoms with Gasteiger partial charge in [0.15, 0.2) is 5.15 Å². The summed E-state index contributed by atoms with van der Waals surface area (Å²) in [5.74, 6) is 0. The molecule has 0 saturated heterocycles. The van der Waals surface area contributed by atoms with Crippen LogP contribution in [0, 0.1) is 0 Å². The average molecular weight is 792 g/mol. The highest BCUT2D eigenvalue weighted by molar-refractivity contribution is 6.58. The number of furan rings is 2. The topological polar surface area (TPSA) is 118 Å². The number of hydrogen-bond donors (Lipinski definition) is 2. The number of rotatable bonds is 2. The van der Waals surface area contributed by atoms with Gasteiger partial charge in [0, 0.05) is 21.0 Å². The van der Waals surface area contributed by atoms with Crippen LogP contribution >= 0.6 is 34.8 Å². The summed E-state index contributed by atoms with van der Waals surface area (Å²) in [7, 11) is -1.41. The number of benzene rings is 7. The Bertz CT molecular complexity index is 3230. The maximum Gasteiger partial charge on any atom is 0.488 e. The smallest absolute Gasteiger partial charge is 0.436 e. The van der Waals surface area contributed by atoms with Crippen LogP contribution in [0.1, 0.15) is 0 Å². The number of hydrogen-bond acceptors (Lipinski definition) is 8. The monoisotopic (exact) mass is 790 g/mol. The molecule has 0 radical (unpaired) electrons. The van der Waals surface area contributed by atoms with Crippen LogP contribution in [0.15, 0.2) is 155 Å². The zero-order chi connectivity index (χ0) is 38.3. The molecule has 0 bridgehead atoms. The van der Waals surface area contributed by atoms with E-state index in [9.17, 15) is 0 Å². The summed E-state index contributed by atoms with van der Waals surface area (Å²) in [6.07, 6.45) is 3.34. The summed E-state index contributed by atoms with van der Waals surface area (Å²) in [5.41, 5.74) is 6.34. The highest BCUT2D eigenvalue weighted by atomic mass is 35.5. The van der Waals surface area contributed by atoms with E-state index in [1.54, 1.807) is 36.7 Å². The van der Waals surface area contributed by atoms with E-state index in [-0.39, 0.29) is 0 Å². The van der Waals surface area contributed by atoms with Gasteiger partial charge < -0.3 is 18.9 Å². The van der Waals surface area contributed by atoms with E-state index in [4.69, 9.17) is 63.7 Å². The molecule has 0 amide bonds. The van der Waals surface area contributed by atoms with Crippen LogP contribution in [0.5, 0.6) is 0 Å². The van der Waals surface area contributed by atoms with Gasteiger partial charge in [0.2, 0.25) is 11.4 Å². The van der Waals surface area contributed by atoms with Crippen LogP contribution in [0.3, 0.4) is 0 Å². The molecule has 7 aromatic carbocycles. The van der Waals surface area contributed by atoms with Gasteiger partial charge in [0.25, 0.3) is 0 Å². The number of fused-ring (bicyclic) bond motifs is 13. The summed E-state index contributed by atoms with van der Waals surface area (Å²) >= 11 is 17.4. The first-order valence-electron chi connectivity index (χ1n) is 17.4. The maximum atomic E-state index is 8.63. The molecule has 0 atom stereocenters. The van der Waals surface area contributed by atoms with Gasteiger partial charge in [0.1, 0.15) is 22.2 Å². The van der Waals surface area contributed by atoms with Crippen molar-refractivity contribution in [3.05, 3.63) is 161 Å². The van der Waals surface area contributed by atoms with Crippen LogP contribution < -0.4 is 5.46 Å². The minimum Gasteiger partial charge on any atom is -0.436 e. The van der Waals surface area contributed by atoms with Gasteiger partial charge in [-0.15, -0.1) is 0 Å². The average Bonchev–Trinajstić information content (AvgIpc) is 3.80. The van der Waals surface area contributed by atoms with Crippen molar-refractivity contribution in [2.24, 2.45) is 0 Å². The molecule has 4 heterocycles. The van der Waals surface area contributed by atoms with Crippen molar-refractivity contribution in [1.29, 1.82) is 0 Å². The Kier molecular flexibility index (Phi) is 9.46. The minimum atomic E-state index is -1.41. The number of aromatic nitrogens is 4. The molecule has 0 fully saturated rings. The standard InChI is InChI=1S/C24H13ClN2O.C14H7ClN2O.C6H6BClO2/c25-15-11-9-14(10-12-15)20-13-26-22-21-18-7-3-1-5-16(18)17-6-2-4-8-19(17)23(21)28-24(22)27-20;15-11-7-16-13-12-9-4-2-1-3-8(9)5-6-10(12)18-14(13)17-11;8-6-3-1-5(2-4-6)7(9)10/h1-13H;1-7H;1-4,9-10H. The Balaban J connectivity index is 0.000000125.